The molecule has 12 heteroatoms. The SMILES string of the molecule is NC1=N[C@](CF)(c2cc(Nc3ncc(F)c4cc(C#CC5CC5)cnc34)ccc2F)C[C@@H](C(F)(F)F)O1. The molecule has 0 bridgehead atoms. The summed E-state index contributed by atoms with van der Waals surface area (Å²) in [5.74, 6) is 4.84. The second-order valence-corrected chi connectivity index (χ2v) is 8.91. The normalized spacial score (nSPS) is 21.6. The fourth-order valence-electron chi connectivity index (χ4n) is 4.04. The second kappa shape index (κ2) is 9.14. The third-order valence-corrected chi connectivity index (χ3v) is 6.10. The Hall–Kier alpha value is -4.01. The molecule has 2 aliphatic rings. The number of nitrogens with two attached hydrogens (primary N) is 1. The number of nitrogens with zero attached hydrogens (tertiary/aromatic N) is 3. The molecule has 3 N–H and O–H groups in total. The quantitative estimate of drug-likeness (QED) is 0.364. The molecule has 3 heterocycles. The van der Waals surface area contributed by atoms with Crippen LogP contribution in [0, 0.1) is 29.4 Å². The summed E-state index contributed by atoms with van der Waals surface area (Å²) in [6, 6.07) is 3.95. The number of ether oxygens (including phenoxy) is 1. The summed E-state index contributed by atoms with van der Waals surface area (Å²) < 4.78 is 88.2. The molecule has 3 aromatic rings. The van der Waals surface area contributed by atoms with Crippen LogP contribution in [0.2, 0.25) is 0 Å². The summed E-state index contributed by atoms with van der Waals surface area (Å²) in [6.07, 6.45) is -3.86. The molecule has 1 aliphatic heterocycles. The van der Waals surface area contributed by atoms with E-state index in [4.69, 9.17) is 5.73 Å². The number of aromatic nitrogens is 2. The zero-order valence-electron chi connectivity index (χ0n) is 19.0. The van der Waals surface area contributed by atoms with Gasteiger partial charge in [0.1, 0.15) is 23.5 Å². The highest BCUT2D eigenvalue weighted by Crippen LogP contribution is 2.42. The van der Waals surface area contributed by atoms with Crippen LogP contribution in [0.1, 0.15) is 30.4 Å². The molecule has 0 radical (unpaired) electrons. The first kappa shape index (κ1) is 24.7. The molecular weight excluding hydrogens is 500 g/mol. The van der Waals surface area contributed by atoms with Gasteiger partial charge < -0.3 is 15.8 Å². The van der Waals surface area contributed by atoms with Crippen molar-refractivity contribution in [1.29, 1.82) is 0 Å². The molecule has 5 rings (SSSR count). The highest BCUT2D eigenvalue weighted by Gasteiger charge is 2.52. The van der Waals surface area contributed by atoms with Crippen LogP contribution in [-0.4, -0.2) is 34.9 Å². The van der Waals surface area contributed by atoms with E-state index in [-0.39, 0.29) is 22.4 Å². The number of rotatable bonds is 4. The van der Waals surface area contributed by atoms with Crippen LogP contribution < -0.4 is 11.1 Å². The topological polar surface area (TPSA) is 85.4 Å². The van der Waals surface area contributed by atoms with Crippen molar-refractivity contribution in [3.63, 3.8) is 0 Å². The zero-order valence-corrected chi connectivity index (χ0v) is 19.0. The number of halogens is 6. The van der Waals surface area contributed by atoms with Crippen molar-refractivity contribution in [2.24, 2.45) is 16.6 Å². The van der Waals surface area contributed by atoms with Gasteiger partial charge in [-0.15, -0.1) is 0 Å². The van der Waals surface area contributed by atoms with E-state index < -0.39 is 54.1 Å². The summed E-state index contributed by atoms with van der Waals surface area (Å²) in [7, 11) is 0. The Bertz CT molecular complexity index is 1460. The van der Waals surface area contributed by atoms with Gasteiger partial charge in [-0.3, -0.25) is 4.98 Å². The molecule has 37 heavy (non-hydrogen) atoms. The lowest BCUT2D eigenvalue weighted by Crippen LogP contribution is -2.48. The molecule has 2 atom stereocenters. The first-order chi connectivity index (χ1) is 17.6. The maximum absolute atomic E-state index is 14.8. The van der Waals surface area contributed by atoms with Crippen LogP contribution in [0.25, 0.3) is 10.9 Å². The van der Waals surface area contributed by atoms with Gasteiger partial charge in [0.05, 0.1) is 6.20 Å². The molecule has 1 fully saturated rings. The van der Waals surface area contributed by atoms with Crippen molar-refractivity contribution in [3.05, 3.63) is 59.4 Å². The number of nitrogens with one attached hydrogen (secondary N) is 1. The molecule has 1 saturated carbocycles. The van der Waals surface area contributed by atoms with Gasteiger partial charge in [0.25, 0.3) is 6.02 Å². The molecule has 0 unspecified atom stereocenters. The highest BCUT2D eigenvalue weighted by molar-refractivity contribution is 5.90. The molecule has 0 spiro atoms. The van der Waals surface area contributed by atoms with Gasteiger partial charge in [0.15, 0.2) is 17.7 Å². The molecule has 1 aliphatic carbocycles. The highest BCUT2D eigenvalue weighted by atomic mass is 19.4. The summed E-state index contributed by atoms with van der Waals surface area (Å²) in [6.45, 7) is -1.46. The summed E-state index contributed by atoms with van der Waals surface area (Å²) in [4.78, 5) is 12.0. The molecule has 1 aromatic carbocycles. The lowest BCUT2D eigenvalue weighted by atomic mass is 9.84. The number of hydrogen-bond donors (Lipinski definition) is 2. The number of anilines is 2. The third-order valence-electron chi connectivity index (χ3n) is 6.10. The first-order valence-electron chi connectivity index (χ1n) is 11.3. The van der Waals surface area contributed by atoms with Crippen LogP contribution in [0.5, 0.6) is 0 Å². The van der Waals surface area contributed by atoms with Gasteiger partial charge >= 0.3 is 6.18 Å². The van der Waals surface area contributed by atoms with Crippen molar-refractivity contribution in [1.82, 2.24) is 9.97 Å². The van der Waals surface area contributed by atoms with Crippen molar-refractivity contribution in [2.75, 3.05) is 12.0 Å². The molecule has 0 amide bonds. The molecule has 6 nitrogen and oxygen atoms in total. The maximum atomic E-state index is 14.8. The minimum absolute atomic E-state index is 0.0909. The predicted octanol–water partition coefficient (Wildman–Crippen LogP) is 5.24. The summed E-state index contributed by atoms with van der Waals surface area (Å²) in [5.41, 5.74) is 3.49. The Morgan fingerprint density at radius 3 is 2.59 bits per heavy atom. The van der Waals surface area contributed by atoms with Crippen molar-refractivity contribution in [2.45, 2.75) is 37.1 Å². The molecule has 2 aromatic heterocycles. The van der Waals surface area contributed by atoms with E-state index in [1.165, 1.54) is 18.3 Å². The van der Waals surface area contributed by atoms with Gasteiger partial charge in [-0.05, 0) is 37.1 Å². The number of pyridine rings is 2. The third kappa shape index (κ3) is 4.98. The Morgan fingerprint density at radius 2 is 1.89 bits per heavy atom. The van der Waals surface area contributed by atoms with Gasteiger partial charge in [-0.1, -0.05) is 11.8 Å². The Kier molecular flexibility index (Phi) is 6.09. The van der Waals surface area contributed by atoms with E-state index in [2.05, 4.69) is 36.9 Å². The lowest BCUT2D eigenvalue weighted by Gasteiger charge is -2.36. The Labute approximate surface area is 207 Å². The van der Waals surface area contributed by atoms with Crippen LogP contribution >= 0.6 is 0 Å². The fraction of sp³-hybridized carbons (Fsp3) is 0.320. The smallest absolute Gasteiger partial charge is 0.425 e. The van der Waals surface area contributed by atoms with E-state index in [1.807, 2.05) is 0 Å². The maximum Gasteiger partial charge on any atom is 0.425 e. The Balaban J connectivity index is 1.51. The number of amidine groups is 1. The van der Waals surface area contributed by atoms with E-state index in [0.717, 1.165) is 31.2 Å². The second-order valence-electron chi connectivity index (χ2n) is 8.91. The average molecular weight is 519 g/mol. The van der Waals surface area contributed by atoms with Crippen LogP contribution in [0.15, 0.2) is 41.7 Å². The predicted molar refractivity (Wildman–Crippen MR) is 124 cm³/mol. The van der Waals surface area contributed by atoms with Gasteiger partial charge in [0.2, 0.25) is 0 Å². The monoisotopic (exact) mass is 519 g/mol. The van der Waals surface area contributed by atoms with Gasteiger partial charge in [-0.2, -0.15) is 13.2 Å². The average Bonchev–Trinajstić information content (AvgIpc) is 3.69. The number of alkyl halides is 4. The molecule has 192 valence electrons. The van der Waals surface area contributed by atoms with Crippen LogP contribution in [0.4, 0.5) is 37.8 Å². The lowest BCUT2D eigenvalue weighted by molar-refractivity contribution is -0.209. The van der Waals surface area contributed by atoms with Crippen LogP contribution in [0.3, 0.4) is 0 Å². The number of benzene rings is 1. The Morgan fingerprint density at radius 1 is 1.11 bits per heavy atom. The number of hydrogen-bond acceptors (Lipinski definition) is 6. The zero-order chi connectivity index (χ0) is 26.4. The van der Waals surface area contributed by atoms with Gasteiger partial charge in [-0.25, -0.2) is 23.1 Å². The number of fused-ring (bicyclic) bond motifs is 1. The largest absolute Gasteiger partial charge is 0.452 e. The summed E-state index contributed by atoms with van der Waals surface area (Å²) >= 11 is 0. The molecular formula is C25H19F6N5O. The molecule has 0 saturated heterocycles. The fourth-order valence-corrected chi connectivity index (χ4v) is 4.04. The minimum Gasteiger partial charge on any atom is -0.452 e. The van der Waals surface area contributed by atoms with Gasteiger partial charge in [0, 0.05) is 40.7 Å². The van der Waals surface area contributed by atoms with E-state index >= 15 is 0 Å². The summed E-state index contributed by atoms with van der Waals surface area (Å²) in [5, 5.41) is 2.99. The van der Waals surface area contributed by atoms with Crippen molar-refractivity contribution >= 4 is 28.4 Å². The van der Waals surface area contributed by atoms with Crippen molar-refractivity contribution < 1.29 is 31.1 Å². The van der Waals surface area contributed by atoms with Crippen molar-refractivity contribution in [3.8, 4) is 11.8 Å². The standard InChI is InChI=1S/C25H19F6N5O/c26-12-24(9-20(25(29,30)31)37-23(32)36-24)17-8-15(5-6-18(17)27)35-22-21-16(19(28)11-34-22)7-14(10-33-21)4-3-13-1-2-13/h5-8,10-11,13,20H,1-2,9,12H2,(H2,32,36)(H,34,35)/t20-,24+/m0/s1. The first-order valence-corrected chi connectivity index (χ1v) is 11.3. The van der Waals surface area contributed by atoms with E-state index in [1.54, 1.807) is 0 Å². The van der Waals surface area contributed by atoms with Crippen LogP contribution in [-0.2, 0) is 10.3 Å². The van der Waals surface area contributed by atoms with E-state index in [9.17, 15) is 26.3 Å². The minimum atomic E-state index is -4.88. The van der Waals surface area contributed by atoms with E-state index in [0.29, 0.717) is 11.5 Å². The number of aliphatic imine (C=N–C) groups is 1.